The van der Waals surface area contributed by atoms with Crippen LogP contribution in [0, 0.1) is 5.82 Å². The van der Waals surface area contributed by atoms with Crippen LogP contribution in [0.2, 0.25) is 0 Å². The molecule has 0 aliphatic rings. The molecule has 0 saturated heterocycles. The van der Waals surface area contributed by atoms with Crippen molar-refractivity contribution in [2.45, 2.75) is 6.92 Å². The second-order valence-corrected chi connectivity index (χ2v) is 2.32. The van der Waals surface area contributed by atoms with Crippen molar-refractivity contribution in [2.24, 2.45) is 0 Å². The first-order valence-electron chi connectivity index (χ1n) is 3.82. The highest BCUT2D eigenvalue weighted by Gasteiger charge is 2.00. The zero-order chi connectivity index (χ0) is 8.97. The van der Waals surface area contributed by atoms with Gasteiger partial charge in [-0.05, 0) is 19.1 Å². The third kappa shape index (κ3) is 1.84. The highest BCUT2D eigenvalue weighted by Crippen LogP contribution is 2.20. The minimum Gasteiger partial charge on any atom is -0.493 e. The van der Waals surface area contributed by atoms with Crippen LogP contribution in [0.3, 0.4) is 0 Å². The Morgan fingerprint density at radius 2 is 2.33 bits per heavy atom. The van der Waals surface area contributed by atoms with E-state index in [4.69, 9.17) is 4.74 Å². The highest BCUT2D eigenvalue weighted by molar-refractivity contribution is 5.55. The van der Waals surface area contributed by atoms with Crippen LogP contribution in [0.4, 0.5) is 4.39 Å². The molecule has 0 unspecified atom stereocenters. The van der Waals surface area contributed by atoms with Gasteiger partial charge in [0.2, 0.25) is 0 Å². The first kappa shape index (κ1) is 8.78. The summed E-state index contributed by atoms with van der Waals surface area (Å²) in [5.74, 6) is 0.261. The Balaban J connectivity index is 3.03. The van der Waals surface area contributed by atoms with Crippen molar-refractivity contribution < 1.29 is 9.13 Å². The molecule has 2 heteroatoms. The molecule has 0 aliphatic carbocycles. The molecule has 0 bridgehead atoms. The van der Waals surface area contributed by atoms with Gasteiger partial charge in [0.15, 0.2) is 0 Å². The van der Waals surface area contributed by atoms with E-state index in [9.17, 15) is 4.39 Å². The van der Waals surface area contributed by atoms with Gasteiger partial charge in [-0.25, -0.2) is 4.39 Å². The number of halogens is 1. The van der Waals surface area contributed by atoms with Crippen molar-refractivity contribution in [3.63, 3.8) is 0 Å². The van der Waals surface area contributed by atoms with Gasteiger partial charge in [-0.2, -0.15) is 0 Å². The predicted molar refractivity (Wildman–Crippen MR) is 47.7 cm³/mol. The average molecular weight is 166 g/mol. The van der Waals surface area contributed by atoms with Crippen LogP contribution in [0.1, 0.15) is 12.5 Å². The molecule has 1 nitrogen and oxygen atoms in total. The van der Waals surface area contributed by atoms with Crippen LogP contribution in [-0.2, 0) is 0 Å². The maximum Gasteiger partial charge on any atom is 0.129 e. The number of benzene rings is 1. The fraction of sp³-hybridized carbons (Fsp3) is 0.200. The van der Waals surface area contributed by atoms with E-state index in [2.05, 4.69) is 6.58 Å². The Morgan fingerprint density at radius 1 is 1.58 bits per heavy atom. The molecule has 0 atom stereocenters. The third-order valence-electron chi connectivity index (χ3n) is 1.50. The number of ether oxygens (including phenoxy) is 1. The smallest absolute Gasteiger partial charge is 0.129 e. The van der Waals surface area contributed by atoms with Gasteiger partial charge in [-0.3, -0.25) is 0 Å². The van der Waals surface area contributed by atoms with E-state index >= 15 is 0 Å². The molecule has 1 aromatic carbocycles. The zero-order valence-electron chi connectivity index (χ0n) is 7.01. The molecule has 0 heterocycles. The van der Waals surface area contributed by atoms with E-state index in [0.717, 1.165) is 5.56 Å². The Labute approximate surface area is 71.5 Å². The second kappa shape index (κ2) is 3.90. The summed E-state index contributed by atoms with van der Waals surface area (Å²) in [6.07, 6.45) is 1.64. The minimum atomic E-state index is -0.288. The molecule has 0 saturated carbocycles. The van der Waals surface area contributed by atoms with Crippen molar-refractivity contribution in [1.29, 1.82) is 0 Å². The number of rotatable bonds is 3. The average Bonchev–Trinajstić information content (AvgIpc) is 2.05. The summed E-state index contributed by atoms with van der Waals surface area (Å²) in [4.78, 5) is 0. The normalized spacial score (nSPS) is 9.50. The Morgan fingerprint density at radius 3 is 2.92 bits per heavy atom. The van der Waals surface area contributed by atoms with E-state index in [1.807, 2.05) is 6.92 Å². The fourth-order valence-electron chi connectivity index (χ4n) is 0.957. The molecular formula is C10H11FO. The van der Waals surface area contributed by atoms with Gasteiger partial charge in [0.05, 0.1) is 6.61 Å². The molecule has 0 N–H and O–H groups in total. The van der Waals surface area contributed by atoms with Gasteiger partial charge in [-0.15, -0.1) is 0 Å². The standard InChI is InChI=1S/C10H11FO/c1-3-8-5-6-9(11)7-10(8)12-4-2/h3,5-7H,1,4H2,2H3. The van der Waals surface area contributed by atoms with Crippen LogP contribution >= 0.6 is 0 Å². The quantitative estimate of drug-likeness (QED) is 0.670. The first-order chi connectivity index (χ1) is 5.77. The molecule has 64 valence electrons. The predicted octanol–water partition coefficient (Wildman–Crippen LogP) is 2.87. The van der Waals surface area contributed by atoms with Crippen molar-refractivity contribution in [1.82, 2.24) is 0 Å². The summed E-state index contributed by atoms with van der Waals surface area (Å²) in [5, 5.41) is 0. The molecule has 12 heavy (non-hydrogen) atoms. The van der Waals surface area contributed by atoms with Crippen LogP contribution in [0.25, 0.3) is 6.08 Å². The zero-order valence-corrected chi connectivity index (χ0v) is 7.01. The SMILES string of the molecule is C=Cc1ccc(F)cc1OCC. The molecule has 1 rings (SSSR count). The molecule has 0 radical (unpaired) electrons. The lowest BCUT2D eigenvalue weighted by molar-refractivity contribution is 0.337. The van der Waals surface area contributed by atoms with Gasteiger partial charge in [0.1, 0.15) is 11.6 Å². The largest absolute Gasteiger partial charge is 0.493 e. The molecule has 0 aromatic heterocycles. The van der Waals surface area contributed by atoms with Gasteiger partial charge >= 0.3 is 0 Å². The summed E-state index contributed by atoms with van der Waals surface area (Å²) >= 11 is 0. The molecule has 0 amide bonds. The monoisotopic (exact) mass is 166 g/mol. The summed E-state index contributed by atoms with van der Waals surface area (Å²) < 4.78 is 17.9. The fourth-order valence-corrected chi connectivity index (χ4v) is 0.957. The van der Waals surface area contributed by atoms with Crippen LogP contribution < -0.4 is 4.74 Å². The van der Waals surface area contributed by atoms with Gasteiger partial charge in [-0.1, -0.05) is 12.7 Å². The van der Waals surface area contributed by atoms with E-state index in [0.29, 0.717) is 12.4 Å². The molecule has 0 spiro atoms. The first-order valence-corrected chi connectivity index (χ1v) is 3.82. The van der Waals surface area contributed by atoms with Gasteiger partial charge in [0, 0.05) is 11.6 Å². The Hall–Kier alpha value is -1.31. The maximum absolute atomic E-state index is 12.7. The lowest BCUT2D eigenvalue weighted by Gasteiger charge is -2.06. The third-order valence-corrected chi connectivity index (χ3v) is 1.50. The van der Waals surface area contributed by atoms with Crippen molar-refractivity contribution in [3.05, 3.63) is 36.2 Å². The van der Waals surface area contributed by atoms with Crippen LogP contribution in [0.5, 0.6) is 5.75 Å². The van der Waals surface area contributed by atoms with E-state index in [-0.39, 0.29) is 5.82 Å². The van der Waals surface area contributed by atoms with E-state index in [1.54, 1.807) is 12.1 Å². The second-order valence-electron chi connectivity index (χ2n) is 2.32. The lowest BCUT2D eigenvalue weighted by atomic mass is 10.2. The maximum atomic E-state index is 12.7. The highest BCUT2D eigenvalue weighted by atomic mass is 19.1. The van der Waals surface area contributed by atoms with Crippen molar-refractivity contribution in [2.75, 3.05) is 6.61 Å². The van der Waals surface area contributed by atoms with Crippen molar-refractivity contribution >= 4 is 6.08 Å². The molecular weight excluding hydrogens is 155 g/mol. The van der Waals surface area contributed by atoms with Crippen LogP contribution in [0.15, 0.2) is 24.8 Å². The van der Waals surface area contributed by atoms with Crippen molar-refractivity contribution in [3.8, 4) is 5.75 Å². The molecule has 0 fully saturated rings. The summed E-state index contributed by atoms with van der Waals surface area (Å²) in [6.45, 7) is 5.99. The molecule has 1 aromatic rings. The summed E-state index contributed by atoms with van der Waals surface area (Å²) in [5.41, 5.74) is 0.818. The lowest BCUT2D eigenvalue weighted by Crippen LogP contribution is -1.94. The Kier molecular flexibility index (Phi) is 2.86. The summed E-state index contributed by atoms with van der Waals surface area (Å²) in [6, 6.07) is 4.40. The van der Waals surface area contributed by atoms with Gasteiger partial charge < -0.3 is 4.74 Å². The van der Waals surface area contributed by atoms with E-state index in [1.165, 1.54) is 12.1 Å². The molecule has 0 aliphatic heterocycles. The summed E-state index contributed by atoms with van der Waals surface area (Å²) in [7, 11) is 0. The Bertz CT molecular complexity index is 281. The number of hydrogen-bond donors (Lipinski definition) is 0. The van der Waals surface area contributed by atoms with E-state index < -0.39 is 0 Å². The number of hydrogen-bond acceptors (Lipinski definition) is 1. The topological polar surface area (TPSA) is 9.23 Å². The van der Waals surface area contributed by atoms with Gasteiger partial charge in [0.25, 0.3) is 0 Å². The van der Waals surface area contributed by atoms with Crippen LogP contribution in [-0.4, -0.2) is 6.61 Å². The minimum absolute atomic E-state index is 0.288.